The Balaban J connectivity index is 2.42. The number of hydrogen-bond donors (Lipinski definition) is 2. The first-order chi connectivity index (χ1) is 9.17. The third-order valence-corrected chi connectivity index (χ3v) is 2.96. The number of rotatable bonds is 8. The van der Waals surface area contributed by atoms with Crippen LogP contribution in [0.5, 0.6) is 0 Å². The van der Waals surface area contributed by atoms with Gasteiger partial charge >= 0.3 is 0 Å². The summed E-state index contributed by atoms with van der Waals surface area (Å²) in [4.78, 5) is 11.8. The number of carbonyl (C=O) groups is 1. The summed E-state index contributed by atoms with van der Waals surface area (Å²) >= 11 is 0. The number of carbonyl (C=O) groups excluding carboxylic acids is 1. The molecule has 106 valence electrons. The minimum Gasteiger partial charge on any atom is -0.385 e. The van der Waals surface area contributed by atoms with Crippen LogP contribution in [-0.4, -0.2) is 25.7 Å². The fourth-order valence-corrected chi connectivity index (χ4v) is 1.86. The Kier molecular flexibility index (Phi) is 7.15. The van der Waals surface area contributed by atoms with Crippen LogP contribution in [0.2, 0.25) is 0 Å². The second-order valence-corrected chi connectivity index (χ2v) is 4.68. The number of amides is 1. The standard InChI is InChI=1S/C15H24N2O2/c1-3-5-12-7-9-13(10-8-12)17-15(18)14(16)6-4-11-19-2/h7-10,14H,3-6,11,16H2,1-2H3,(H,17,18). The zero-order valence-electron chi connectivity index (χ0n) is 11.8. The van der Waals surface area contributed by atoms with Gasteiger partial charge in [-0.15, -0.1) is 0 Å². The molecule has 0 heterocycles. The molecule has 3 N–H and O–H groups in total. The van der Waals surface area contributed by atoms with Gasteiger partial charge in [-0.2, -0.15) is 0 Å². The first-order valence-corrected chi connectivity index (χ1v) is 6.81. The fourth-order valence-electron chi connectivity index (χ4n) is 1.86. The number of nitrogens with two attached hydrogens (primary N) is 1. The van der Waals surface area contributed by atoms with Crippen molar-refractivity contribution in [3.8, 4) is 0 Å². The Labute approximate surface area is 115 Å². The lowest BCUT2D eigenvalue weighted by Crippen LogP contribution is -2.35. The second kappa shape index (κ2) is 8.67. The normalized spacial score (nSPS) is 12.2. The van der Waals surface area contributed by atoms with Gasteiger partial charge in [0.2, 0.25) is 5.91 Å². The van der Waals surface area contributed by atoms with Crippen LogP contribution in [0, 0.1) is 0 Å². The van der Waals surface area contributed by atoms with Crippen LogP contribution in [0.3, 0.4) is 0 Å². The molecular formula is C15H24N2O2. The lowest BCUT2D eigenvalue weighted by atomic mass is 10.1. The topological polar surface area (TPSA) is 64.4 Å². The monoisotopic (exact) mass is 264 g/mol. The molecule has 19 heavy (non-hydrogen) atoms. The minimum absolute atomic E-state index is 0.139. The van der Waals surface area contributed by atoms with E-state index in [1.165, 1.54) is 5.56 Å². The molecular weight excluding hydrogens is 240 g/mol. The van der Waals surface area contributed by atoms with Crippen molar-refractivity contribution in [2.45, 2.75) is 38.6 Å². The van der Waals surface area contributed by atoms with Gasteiger partial charge in [0.05, 0.1) is 6.04 Å². The van der Waals surface area contributed by atoms with Crippen molar-refractivity contribution in [2.24, 2.45) is 5.73 Å². The fraction of sp³-hybridized carbons (Fsp3) is 0.533. The van der Waals surface area contributed by atoms with Crippen LogP contribution < -0.4 is 11.1 Å². The summed E-state index contributed by atoms with van der Waals surface area (Å²) in [5, 5.41) is 2.83. The number of anilines is 1. The van der Waals surface area contributed by atoms with Gasteiger partial charge in [-0.3, -0.25) is 4.79 Å². The summed E-state index contributed by atoms with van der Waals surface area (Å²) in [7, 11) is 1.64. The molecule has 0 aliphatic rings. The smallest absolute Gasteiger partial charge is 0.241 e. The molecule has 1 aromatic carbocycles. The summed E-state index contributed by atoms with van der Waals surface area (Å²) in [5.74, 6) is -0.139. The highest BCUT2D eigenvalue weighted by Gasteiger charge is 2.12. The van der Waals surface area contributed by atoms with Gasteiger partial charge in [-0.1, -0.05) is 25.5 Å². The average molecular weight is 264 g/mol. The first-order valence-electron chi connectivity index (χ1n) is 6.81. The maximum absolute atomic E-state index is 11.8. The molecule has 1 amide bonds. The van der Waals surface area contributed by atoms with E-state index in [0.717, 1.165) is 24.9 Å². The van der Waals surface area contributed by atoms with E-state index in [2.05, 4.69) is 12.2 Å². The number of methoxy groups -OCH3 is 1. The van der Waals surface area contributed by atoms with Gasteiger partial charge in [-0.05, 0) is 37.0 Å². The van der Waals surface area contributed by atoms with Crippen molar-refractivity contribution in [3.63, 3.8) is 0 Å². The van der Waals surface area contributed by atoms with E-state index in [9.17, 15) is 4.79 Å². The summed E-state index contributed by atoms with van der Waals surface area (Å²) in [6.45, 7) is 2.78. The Hall–Kier alpha value is -1.39. The minimum atomic E-state index is -0.481. The van der Waals surface area contributed by atoms with Crippen molar-refractivity contribution >= 4 is 11.6 Å². The lowest BCUT2D eigenvalue weighted by molar-refractivity contribution is -0.117. The molecule has 0 aliphatic heterocycles. The summed E-state index contributed by atoms with van der Waals surface area (Å²) in [5.41, 5.74) is 7.90. The highest BCUT2D eigenvalue weighted by molar-refractivity contribution is 5.94. The van der Waals surface area contributed by atoms with E-state index in [1.54, 1.807) is 7.11 Å². The number of aryl methyl sites for hydroxylation is 1. The van der Waals surface area contributed by atoms with Gasteiger partial charge in [0, 0.05) is 19.4 Å². The Morgan fingerprint density at radius 1 is 1.37 bits per heavy atom. The molecule has 0 bridgehead atoms. The predicted octanol–water partition coefficient (Wildman–Crippen LogP) is 2.33. The van der Waals surface area contributed by atoms with Crippen molar-refractivity contribution < 1.29 is 9.53 Å². The third-order valence-electron chi connectivity index (χ3n) is 2.96. The van der Waals surface area contributed by atoms with Gasteiger partial charge in [0.1, 0.15) is 0 Å². The molecule has 1 rings (SSSR count). The van der Waals surface area contributed by atoms with Crippen molar-refractivity contribution in [2.75, 3.05) is 19.0 Å². The number of nitrogens with one attached hydrogen (secondary N) is 1. The van der Waals surface area contributed by atoms with Crippen LogP contribution in [0.4, 0.5) is 5.69 Å². The van der Waals surface area contributed by atoms with Gasteiger partial charge in [-0.25, -0.2) is 0 Å². The number of benzene rings is 1. The average Bonchev–Trinajstić information content (AvgIpc) is 2.41. The summed E-state index contributed by atoms with van der Waals surface area (Å²) < 4.78 is 4.94. The van der Waals surface area contributed by atoms with Crippen molar-refractivity contribution in [3.05, 3.63) is 29.8 Å². The Morgan fingerprint density at radius 2 is 2.05 bits per heavy atom. The van der Waals surface area contributed by atoms with Crippen LogP contribution in [0.1, 0.15) is 31.7 Å². The maximum atomic E-state index is 11.8. The zero-order valence-corrected chi connectivity index (χ0v) is 11.8. The Bertz CT molecular complexity index is 376. The van der Waals surface area contributed by atoms with E-state index in [1.807, 2.05) is 24.3 Å². The maximum Gasteiger partial charge on any atom is 0.241 e. The highest BCUT2D eigenvalue weighted by Crippen LogP contribution is 2.11. The van der Waals surface area contributed by atoms with Crippen LogP contribution in [0.25, 0.3) is 0 Å². The molecule has 0 aromatic heterocycles. The summed E-state index contributed by atoms with van der Waals surface area (Å²) in [6, 6.07) is 7.44. The first kappa shape index (κ1) is 15.7. The summed E-state index contributed by atoms with van der Waals surface area (Å²) in [6.07, 6.45) is 3.61. The van der Waals surface area contributed by atoms with Crippen molar-refractivity contribution in [1.82, 2.24) is 0 Å². The van der Waals surface area contributed by atoms with Gasteiger partial charge in [0.25, 0.3) is 0 Å². The second-order valence-electron chi connectivity index (χ2n) is 4.68. The molecule has 4 nitrogen and oxygen atoms in total. The third kappa shape index (κ3) is 5.85. The molecule has 0 fully saturated rings. The molecule has 0 saturated carbocycles. The van der Waals surface area contributed by atoms with Crippen molar-refractivity contribution in [1.29, 1.82) is 0 Å². The van der Waals surface area contributed by atoms with Crippen LogP contribution in [0.15, 0.2) is 24.3 Å². The van der Waals surface area contributed by atoms with E-state index in [0.29, 0.717) is 13.0 Å². The van der Waals surface area contributed by atoms with Gasteiger partial charge in [0.15, 0.2) is 0 Å². The van der Waals surface area contributed by atoms with E-state index >= 15 is 0 Å². The SMILES string of the molecule is CCCc1ccc(NC(=O)C(N)CCCOC)cc1. The quantitative estimate of drug-likeness (QED) is 0.708. The molecule has 0 radical (unpaired) electrons. The molecule has 1 unspecified atom stereocenters. The molecule has 0 spiro atoms. The van der Waals surface area contributed by atoms with Gasteiger partial charge < -0.3 is 15.8 Å². The predicted molar refractivity (Wildman–Crippen MR) is 78.2 cm³/mol. The van der Waals surface area contributed by atoms with Crippen LogP contribution in [-0.2, 0) is 16.0 Å². The largest absolute Gasteiger partial charge is 0.385 e. The van der Waals surface area contributed by atoms with E-state index < -0.39 is 6.04 Å². The molecule has 0 saturated heterocycles. The highest BCUT2D eigenvalue weighted by atomic mass is 16.5. The number of ether oxygens (including phenoxy) is 1. The van der Waals surface area contributed by atoms with E-state index in [4.69, 9.17) is 10.5 Å². The molecule has 1 aromatic rings. The molecule has 0 aliphatic carbocycles. The van der Waals surface area contributed by atoms with Crippen LogP contribution >= 0.6 is 0 Å². The zero-order chi connectivity index (χ0) is 14.1. The molecule has 4 heteroatoms. The van der Waals surface area contributed by atoms with E-state index in [-0.39, 0.29) is 5.91 Å². The lowest BCUT2D eigenvalue weighted by Gasteiger charge is -2.12. The Morgan fingerprint density at radius 3 is 2.63 bits per heavy atom. The number of hydrogen-bond acceptors (Lipinski definition) is 3. The molecule has 1 atom stereocenters.